The van der Waals surface area contributed by atoms with Crippen LogP contribution in [-0.4, -0.2) is 44.0 Å². The van der Waals surface area contributed by atoms with Crippen molar-refractivity contribution in [1.82, 2.24) is 10.6 Å². The van der Waals surface area contributed by atoms with Crippen molar-refractivity contribution in [2.24, 2.45) is 0 Å². The zero-order chi connectivity index (χ0) is 14.7. The average Bonchev–Trinajstić information content (AvgIpc) is 3.03. The Bertz CT molecular complexity index is 513. The monoisotopic (exact) mass is 288 g/mol. The van der Waals surface area contributed by atoms with E-state index >= 15 is 0 Å². The van der Waals surface area contributed by atoms with E-state index in [-0.39, 0.29) is 24.4 Å². The summed E-state index contributed by atoms with van der Waals surface area (Å²) in [7, 11) is 0. The smallest absolute Gasteiger partial charge is 0.243 e. The Kier molecular flexibility index (Phi) is 4.06. The first-order valence-electron chi connectivity index (χ1n) is 7.38. The lowest BCUT2D eigenvalue weighted by Crippen LogP contribution is -2.56. The van der Waals surface area contributed by atoms with E-state index < -0.39 is 0 Å². The van der Waals surface area contributed by atoms with Crippen molar-refractivity contribution in [2.45, 2.75) is 18.9 Å². The van der Waals surface area contributed by atoms with Gasteiger partial charge in [-0.2, -0.15) is 0 Å². The fraction of sp³-hybridized carbons (Fsp3) is 0.467. The van der Waals surface area contributed by atoms with E-state index in [1.807, 2.05) is 24.3 Å². The lowest BCUT2D eigenvalue weighted by Gasteiger charge is -2.23. The Labute approximate surface area is 123 Å². The molecule has 2 aliphatic rings. The molecular weight excluding hydrogens is 268 g/mol. The molecule has 1 unspecified atom stereocenters. The minimum absolute atomic E-state index is 0.0750. The second kappa shape index (κ2) is 6.13. The molecule has 0 saturated carbocycles. The third-order valence-corrected chi connectivity index (χ3v) is 3.93. The number of rotatable bonds is 3. The van der Waals surface area contributed by atoms with Crippen LogP contribution in [0.15, 0.2) is 24.3 Å². The molecule has 0 bridgehead atoms. The number of carbonyl (C=O) groups is 2. The maximum atomic E-state index is 12.1. The van der Waals surface area contributed by atoms with E-state index in [1.54, 1.807) is 0 Å². The summed E-state index contributed by atoms with van der Waals surface area (Å²) in [6.07, 6.45) is 2.50. The van der Waals surface area contributed by atoms with Crippen LogP contribution in [0, 0.1) is 0 Å². The molecule has 2 fully saturated rings. The van der Waals surface area contributed by atoms with Crippen LogP contribution in [-0.2, 0) is 9.59 Å². The molecule has 0 aromatic heterocycles. The molecule has 0 aliphatic carbocycles. The predicted octanol–water partition coefficient (Wildman–Crippen LogP) is 0.313. The summed E-state index contributed by atoms with van der Waals surface area (Å²) in [4.78, 5) is 25.5. The summed E-state index contributed by atoms with van der Waals surface area (Å²) in [6.45, 7) is 2.73. The van der Waals surface area contributed by atoms with E-state index in [9.17, 15) is 9.59 Å². The van der Waals surface area contributed by atoms with Gasteiger partial charge in [0.05, 0.1) is 6.54 Å². The number of nitrogens with zero attached hydrogens (tertiary/aromatic N) is 1. The highest BCUT2D eigenvalue weighted by Gasteiger charge is 2.23. The SMILES string of the molecule is O=C1CNC(C(=O)Nc2ccc(N3CCCC3)cc2)CN1. The number of hydrogen-bond acceptors (Lipinski definition) is 4. The predicted molar refractivity (Wildman–Crippen MR) is 81.3 cm³/mol. The standard InChI is InChI=1S/C15H20N4O2/c20-14-10-16-13(9-17-14)15(21)18-11-3-5-12(6-4-11)19-7-1-2-8-19/h3-6,13,16H,1-2,7-10H2,(H,17,20)(H,18,21). The van der Waals surface area contributed by atoms with Crippen LogP contribution < -0.4 is 20.9 Å². The summed E-state index contributed by atoms with van der Waals surface area (Å²) in [5.74, 6) is -0.196. The second-order valence-electron chi connectivity index (χ2n) is 5.47. The molecular formula is C15H20N4O2. The fourth-order valence-corrected chi connectivity index (χ4v) is 2.71. The molecule has 2 saturated heterocycles. The normalized spacial score (nSPS) is 22.0. The van der Waals surface area contributed by atoms with E-state index in [1.165, 1.54) is 18.5 Å². The van der Waals surface area contributed by atoms with Crippen LogP contribution in [0.1, 0.15) is 12.8 Å². The van der Waals surface area contributed by atoms with Crippen molar-refractivity contribution < 1.29 is 9.59 Å². The fourth-order valence-electron chi connectivity index (χ4n) is 2.71. The van der Waals surface area contributed by atoms with E-state index in [0.29, 0.717) is 6.54 Å². The summed E-state index contributed by atoms with van der Waals surface area (Å²) < 4.78 is 0. The minimum Gasteiger partial charge on any atom is -0.372 e. The van der Waals surface area contributed by atoms with Crippen LogP contribution in [0.2, 0.25) is 0 Å². The maximum Gasteiger partial charge on any atom is 0.243 e. The van der Waals surface area contributed by atoms with Gasteiger partial charge >= 0.3 is 0 Å². The van der Waals surface area contributed by atoms with Crippen LogP contribution >= 0.6 is 0 Å². The van der Waals surface area contributed by atoms with E-state index in [2.05, 4.69) is 20.9 Å². The first kappa shape index (κ1) is 13.9. The zero-order valence-electron chi connectivity index (χ0n) is 11.9. The number of benzene rings is 1. The third-order valence-electron chi connectivity index (χ3n) is 3.93. The van der Waals surface area contributed by atoms with E-state index in [0.717, 1.165) is 18.8 Å². The molecule has 3 N–H and O–H groups in total. The number of nitrogens with one attached hydrogen (secondary N) is 3. The van der Waals surface area contributed by atoms with Gasteiger partial charge in [-0.3, -0.25) is 14.9 Å². The van der Waals surface area contributed by atoms with Gasteiger partial charge in [-0.1, -0.05) is 0 Å². The summed E-state index contributed by atoms with van der Waals surface area (Å²) >= 11 is 0. The molecule has 2 amide bonds. The molecule has 112 valence electrons. The Morgan fingerprint density at radius 3 is 2.52 bits per heavy atom. The van der Waals surface area contributed by atoms with Gasteiger partial charge in [0.1, 0.15) is 6.04 Å². The van der Waals surface area contributed by atoms with Gasteiger partial charge in [0, 0.05) is 31.0 Å². The largest absolute Gasteiger partial charge is 0.372 e. The van der Waals surface area contributed by atoms with Crippen LogP contribution in [0.5, 0.6) is 0 Å². The number of hydrogen-bond donors (Lipinski definition) is 3. The first-order chi connectivity index (χ1) is 10.2. The molecule has 1 atom stereocenters. The minimum atomic E-state index is -0.374. The van der Waals surface area contributed by atoms with Crippen molar-refractivity contribution in [3.05, 3.63) is 24.3 Å². The molecule has 6 heteroatoms. The number of amides is 2. The Balaban J connectivity index is 1.57. The Morgan fingerprint density at radius 1 is 1.19 bits per heavy atom. The van der Waals surface area contributed by atoms with Crippen molar-refractivity contribution in [1.29, 1.82) is 0 Å². The second-order valence-corrected chi connectivity index (χ2v) is 5.47. The zero-order valence-corrected chi connectivity index (χ0v) is 11.9. The number of piperazine rings is 1. The highest BCUT2D eigenvalue weighted by atomic mass is 16.2. The van der Waals surface area contributed by atoms with Gasteiger partial charge in [0.25, 0.3) is 0 Å². The topological polar surface area (TPSA) is 73.5 Å². The van der Waals surface area contributed by atoms with Gasteiger partial charge < -0.3 is 15.5 Å². The molecule has 1 aromatic carbocycles. The highest BCUT2D eigenvalue weighted by Crippen LogP contribution is 2.22. The molecule has 0 radical (unpaired) electrons. The van der Waals surface area contributed by atoms with Crippen LogP contribution in [0.3, 0.4) is 0 Å². The average molecular weight is 288 g/mol. The highest BCUT2D eigenvalue weighted by molar-refractivity contribution is 5.96. The van der Waals surface area contributed by atoms with Gasteiger partial charge in [-0.05, 0) is 37.1 Å². The molecule has 21 heavy (non-hydrogen) atoms. The molecule has 6 nitrogen and oxygen atoms in total. The van der Waals surface area contributed by atoms with Gasteiger partial charge in [0.15, 0.2) is 0 Å². The summed E-state index contributed by atoms with van der Waals surface area (Å²) in [6, 6.07) is 7.55. The van der Waals surface area contributed by atoms with Crippen molar-refractivity contribution in [3.63, 3.8) is 0 Å². The van der Waals surface area contributed by atoms with Gasteiger partial charge in [-0.25, -0.2) is 0 Å². The molecule has 2 heterocycles. The van der Waals surface area contributed by atoms with Crippen molar-refractivity contribution >= 4 is 23.2 Å². The Hall–Kier alpha value is -2.08. The number of carbonyl (C=O) groups excluding carboxylic acids is 2. The van der Waals surface area contributed by atoms with E-state index in [4.69, 9.17) is 0 Å². The summed E-state index contributed by atoms with van der Waals surface area (Å²) in [5, 5.41) is 8.46. The van der Waals surface area contributed by atoms with Crippen molar-refractivity contribution in [2.75, 3.05) is 36.4 Å². The molecule has 2 aliphatic heterocycles. The quantitative estimate of drug-likeness (QED) is 0.748. The summed E-state index contributed by atoms with van der Waals surface area (Å²) in [5.41, 5.74) is 1.98. The number of anilines is 2. The Morgan fingerprint density at radius 2 is 1.90 bits per heavy atom. The van der Waals surface area contributed by atoms with Gasteiger partial charge in [0.2, 0.25) is 11.8 Å². The van der Waals surface area contributed by atoms with Gasteiger partial charge in [-0.15, -0.1) is 0 Å². The first-order valence-corrected chi connectivity index (χ1v) is 7.38. The lowest BCUT2D eigenvalue weighted by molar-refractivity contribution is -0.124. The molecule has 0 spiro atoms. The lowest BCUT2D eigenvalue weighted by atomic mass is 10.2. The van der Waals surface area contributed by atoms with Crippen LogP contribution in [0.4, 0.5) is 11.4 Å². The third kappa shape index (κ3) is 3.33. The van der Waals surface area contributed by atoms with Crippen molar-refractivity contribution in [3.8, 4) is 0 Å². The molecule has 3 rings (SSSR count). The maximum absolute atomic E-state index is 12.1. The molecule has 1 aromatic rings. The van der Waals surface area contributed by atoms with Crippen LogP contribution in [0.25, 0.3) is 0 Å².